The van der Waals surface area contributed by atoms with Gasteiger partial charge in [-0.15, -0.1) is 0 Å². The average Bonchev–Trinajstić information content (AvgIpc) is 2.64. The molecular formula is C21H20F2N4O. The number of nitrogens with one attached hydrogen (secondary N) is 2. The summed E-state index contributed by atoms with van der Waals surface area (Å²) >= 11 is 0. The predicted molar refractivity (Wildman–Crippen MR) is 105 cm³/mol. The zero-order valence-corrected chi connectivity index (χ0v) is 15.8. The van der Waals surface area contributed by atoms with E-state index in [0.29, 0.717) is 5.69 Å². The van der Waals surface area contributed by atoms with E-state index >= 15 is 0 Å². The van der Waals surface area contributed by atoms with E-state index < -0.39 is 23.2 Å². The monoisotopic (exact) mass is 382 g/mol. The molecule has 2 aromatic carbocycles. The molecule has 0 saturated carbocycles. The molecule has 3 rings (SSSR count). The van der Waals surface area contributed by atoms with Gasteiger partial charge in [-0.25, -0.2) is 18.7 Å². The van der Waals surface area contributed by atoms with E-state index in [4.69, 9.17) is 0 Å². The first-order valence-electron chi connectivity index (χ1n) is 8.82. The van der Waals surface area contributed by atoms with Gasteiger partial charge in [0.2, 0.25) is 5.95 Å². The molecule has 1 aromatic heterocycles. The van der Waals surface area contributed by atoms with Crippen molar-refractivity contribution in [1.29, 1.82) is 0 Å². The third-order valence-corrected chi connectivity index (χ3v) is 4.12. The summed E-state index contributed by atoms with van der Waals surface area (Å²) < 4.78 is 27.6. The lowest BCUT2D eigenvalue weighted by molar-refractivity contribution is 0.102. The van der Waals surface area contributed by atoms with E-state index in [-0.39, 0.29) is 17.6 Å². The lowest BCUT2D eigenvalue weighted by Crippen LogP contribution is -2.17. The Balaban J connectivity index is 1.89. The predicted octanol–water partition coefficient (Wildman–Crippen LogP) is 5.18. The topological polar surface area (TPSA) is 66.9 Å². The lowest BCUT2D eigenvalue weighted by atomic mass is 10.0. The maximum atomic E-state index is 13.8. The lowest BCUT2D eigenvalue weighted by Gasteiger charge is -2.14. The van der Waals surface area contributed by atoms with Crippen molar-refractivity contribution in [2.75, 3.05) is 10.6 Å². The van der Waals surface area contributed by atoms with E-state index in [1.165, 1.54) is 12.1 Å². The van der Waals surface area contributed by atoms with Crippen molar-refractivity contribution in [2.45, 2.75) is 26.7 Å². The quantitative estimate of drug-likeness (QED) is 0.638. The highest BCUT2D eigenvalue weighted by Crippen LogP contribution is 2.26. The fourth-order valence-electron chi connectivity index (χ4n) is 2.77. The van der Waals surface area contributed by atoms with Crippen LogP contribution in [-0.2, 0) is 0 Å². The van der Waals surface area contributed by atoms with Crippen LogP contribution in [0, 0.1) is 18.6 Å². The smallest absolute Gasteiger partial charge is 0.274 e. The van der Waals surface area contributed by atoms with E-state index in [2.05, 4.69) is 34.4 Å². The molecular weight excluding hydrogens is 362 g/mol. The molecule has 0 bridgehead atoms. The van der Waals surface area contributed by atoms with Crippen LogP contribution in [0.5, 0.6) is 0 Å². The van der Waals surface area contributed by atoms with Crippen LogP contribution in [0.15, 0.2) is 48.5 Å². The van der Waals surface area contributed by atoms with Gasteiger partial charge in [-0.05, 0) is 42.7 Å². The Morgan fingerprint density at radius 3 is 2.36 bits per heavy atom. The second-order valence-electron chi connectivity index (χ2n) is 6.64. The van der Waals surface area contributed by atoms with Crippen molar-refractivity contribution in [3.05, 3.63) is 77.1 Å². The first-order valence-corrected chi connectivity index (χ1v) is 8.82. The second-order valence-corrected chi connectivity index (χ2v) is 6.64. The molecule has 0 spiro atoms. The Kier molecular flexibility index (Phi) is 5.63. The fourth-order valence-corrected chi connectivity index (χ4v) is 2.77. The molecule has 0 atom stereocenters. The summed E-state index contributed by atoms with van der Waals surface area (Å²) in [4.78, 5) is 21.0. The van der Waals surface area contributed by atoms with Crippen LogP contribution in [-0.4, -0.2) is 15.9 Å². The molecule has 1 heterocycles. The van der Waals surface area contributed by atoms with E-state index in [0.717, 1.165) is 23.4 Å². The highest BCUT2D eigenvalue weighted by atomic mass is 19.1. The Bertz CT molecular complexity index is 1000. The molecule has 0 unspecified atom stereocenters. The third-order valence-electron chi connectivity index (χ3n) is 4.12. The van der Waals surface area contributed by atoms with Crippen molar-refractivity contribution in [2.24, 2.45) is 0 Å². The number of anilines is 3. The molecule has 0 aliphatic heterocycles. The summed E-state index contributed by atoms with van der Waals surface area (Å²) in [5, 5.41) is 5.36. The van der Waals surface area contributed by atoms with Crippen molar-refractivity contribution in [3.63, 3.8) is 0 Å². The molecule has 7 heteroatoms. The molecule has 5 nitrogen and oxygen atoms in total. The van der Waals surface area contributed by atoms with Crippen LogP contribution in [0.3, 0.4) is 0 Å². The maximum Gasteiger partial charge on any atom is 0.274 e. The van der Waals surface area contributed by atoms with Gasteiger partial charge in [0.15, 0.2) is 0 Å². The highest BCUT2D eigenvalue weighted by Gasteiger charge is 2.16. The number of rotatable bonds is 5. The molecule has 0 fully saturated rings. The van der Waals surface area contributed by atoms with Gasteiger partial charge in [0, 0.05) is 11.4 Å². The highest BCUT2D eigenvalue weighted by molar-refractivity contribution is 6.03. The van der Waals surface area contributed by atoms with Crippen molar-refractivity contribution in [1.82, 2.24) is 9.97 Å². The fraction of sp³-hybridized carbons (Fsp3) is 0.190. The molecule has 0 saturated heterocycles. The Hall–Kier alpha value is -3.35. The standard InChI is InChI=1S/C21H20F2N4O/c1-12(2)14-7-4-5-10-17(14)25-21-24-13(3)11-18(26-21)20(28)27-19-15(22)8-6-9-16(19)23/h4-12H,1-3H3,(H,27,28)(H,24,25,26). The molecule has 0 aliphatic rings. The number of hydrogen-bond acceptors (Lipinski definition) is 4. The van der Waals surface area contributed by atoms with Crippen molar-refractivity contribution < 1.29 is 13.6 Å². The molecule has 144 valence electrons. The van der Waals surface area contributed by atoms with Gasteiger partial charge < -0.3 is 10.6 Å². The summed E-state index contributed by atoms with van der Waals surface area (Å²) in [5.41, 5.74) is 1.93. The van der Waals surface area contributed by atoms with E-state index in [1.54, 1.807) is 6.92 Å². The van der Waals surface area contributed by atoms with Crippen LogP contribution in [0.1, 0.15) is 41.5 Å². The van der Waals surface area contributed by atoms with Crippen molar-refractivity contribution in [3.8, 4) is 0 Å². The summed E-state index contributed by atoms with van der Waals surface area (Å²) in [5.74, 6) is -1.94. The minimum absolute atomic E-state index is 0.000295. The molecule has 0 aliphatic carbocycles. The number of para-hydroxylation sites is 2. The maximum absolute atomic E-state index is 13.8. The number of amides is 1. The third kappa shape index (κ3) is 4.31. The second kappa shape index (κ2) is 8.12. The number of carbonyl (C=O) groups is 1. The van der Waals surface area contributed by atoms with Crippen LogP contribution in [0.4, 0.5) is 26.1 Å². The van der Waals surface area contributed by atoms with Gasteiger partial charge in [0.05, 0.1) is 0 Å². The Morgan fingerprint density at radius 2 is 1.68 bits per heavy atom. The van der Waals surface area contributed by atoms with Gasteiger partial charge in [0.25, 0.3) is 5.91 Å². The van der Waals surface area contributed by atoms with Crippen LogP contribution >= 0.6 is 0 Å². The van der Waals surface area contributed by atoms with Crippen molar-refractivity contribution >= 4 is 23.2 Å². The minimum atomic E-state index is -0.858. The largest absolute Gasteiger partial charge is 0.324 e. The first-order chi connectivity index (χ1) is 13.3. The number of aryl methyl sites for hydroxylation is 1. The number of hydrogen-bond donors (Lipinski definition) is 2. The van der Waals surface area contributed by atoms with Gasteiger partial charge in [-0.2, -0.15) is 0 Å². The average molecular weight is 382 g/mol. The normalized spacial score (nSPS) is 10.8. The zero-order chi connectivity index (χ0) is 20.3. The zero-order valence-electron chi connectivity index (χ0n) is 15.8. The Morgan fingerprint density at radius 1 is 1.00 bits per heavy atom. The Labute approximate surface area is 161 Å². The minimum Gasteiger partial charge on any atom is -0.324 e. The SMILES string of the molecule is Cc1cc(C(=O)Nc2c(F)cccc2F)nc(Nc2ccccc2C(C)C)n1. The van der Waals surface area contributed by atoms with Gasteiger partial charge in [-0.1, -0.05) is 38.1 Å². The number of carbonyl (C=O) groups excluding carboxylic acids is 1. The summed E-state index contributed by atoms with van der Waals surface area (Å²) in [6, 6.07) is 12.5. The summed E-state index contributed by atoms with van der Waals surface area (Å²) in [6.45, 7) is 5.85. The molecule has 28 heavy (non-hydrogen) atoms. The number of benzene rings is 2. The molecule has 2 N–H and O–H groups in total. The first kappa shape index (κ1) is 19.4. The molecule has 3 aromatic rings. The number of aromatic nitrogens is 2. The van der Waals surface area contributed by atoms with Crippen LogP contribution in [0.2, 0.25) is 0 Å². The number of halogens is 2. The summed E-state index contributed by atoms with van der Waals surface area (Å²) in [7, 11) is 0. The summed E-state index contributed by atoms with van der Waals surface area (Å²) in [6.07, 6.45) is 0. The van der Waals surface area contributed by atoms with Gasteiger partial charge in [0.1, 0.15) is 23.0 Å². The van der Waals surface area contributed by atoms with Crippen LogP contribution in [0.25, 0.3) is 0 Å². The van der Waals surface area contributed by atoms with E-state index in [1.807, 2.05) is 24.3 Å². The van der Waals surface area contributed by atoms with Gasteiger partial charge >= 0.3 is 0 Å². The van der Waals surface area contributed by atoms with Crippen LogP contribution < -0.4 is 10.6 Å². The van der Waals surface area contributed by atoms with Gasteiger partial charge in [-0.3, -0.25) is 4.79 Å². The number of nitrogens with zero attached hydrogens (tertiary/aromatic N) is 2. The molecule has 0 radical (unpaired) electrons. The molecule has 1 amide bonds. The van der Waals surface area contributed by atoms with E-state index in [9.17, 15) is 13.6 Å².